The monoisotopic (exact) mass is 265 g/mol. The van der Waals surface area contributed by atoms with Gasteiger partial charge >= 0.3 is 5.97 Å². The van der Waals surface area contributed by atoms with Crippen molar-refractivity contribution >= 4 is 11.9 Å². The van der Waals surface area contributed by atoms with Gasteiger partial charge in [0, 0.05) is 12.1 Å². The SMILES string of the molecule is CC(NC(=O)CCc1cccc(F)c1)=C(C)C(=O)O. The van der Waals surface area contributed by atoms with Crippen molar-refractivity contribution in [3.8, 4) is 0 Å². The van der Waals surface area contributed by atoms with E-state index in [1.165, 1.54) is 26.0 Å². The minimum absolute atomic E-state index is 0.0964. The van der Waals surface area contributed by atoms with Gasteiger partial charge < -0.3 is 10.4 Å². The summed E-state index contributed by atoms with van der Waals surface area (Å²) in [5, 5.41) is 11.3. The molecule has 0 radical (unpaired) electrons. The van der Waals surface area contributed by atoms with Crippen molar-refractivity contribution in [3.05, 3.63) is 46.9 Å². The number of carboxylic acid groups (broad SMARTS) is 1. The predicted molar refractivity (Wildman–Crippen MR) is 68.9 cm³/mol. The van der Waals surface area contributed by atoms with Gasteiger partial charge in [0.25, 0.3) is 0 Å². The van der Waals surface area contributed by atoms with Crippen molar-refractivity contribution in [2.75, 3.05) is 0 Å². The highest BCUT2D eigenvalue weighted by atomic mass is 19.1. The molecule has 1 rings (SSSR count). The van der Waals surface area contributed by atoms with Crippen molar-refractivity contribution in [3.63, 3.8) is 0 Å². The fourth-order valence-corrected chi connectivity index (χ4v) is 1.48. The fraction of sp³-hybridized carbons (Fsp3) is 0.286. The first-order valence-corrected chi connectivity index (χ1v) is 5.85. The van der Waals surface area contributed by atoms with E-state index in [-0.39, 0.29) is 23.7 Å². The molecule has 102 valence electrons. The normalized spacial score (nSPS) is 11.7. The maximum Gasteiger partial charge on any atom is 0.333 e. The molecule has 4 nitrogen and oxygen atoms in total. The minimum atomic E-state index is -1.07. The van der Waals surface area contributed by atoms with Crippen LogP contribution >= 0.6 is 0 Å². The first-order chi connectivity index (χ1) is 8.90. The summed E-state index contributed by atoms with van der Waals surface area (Å²) in [6.45, 7) is 2.95. The predicted octanol–water partition coefficient (Wildman–Crippen LogP) is 2.25. The Bertz CT molecular complexity index is 523. The van der Waals surface area contributed by atoms with Gasteiger partial charge in [-0.25, -0.2) is 9.18 Å². The number of rotatable bonds is 5. The van der Waals surface area contributed by atoms with Gasteiger partial charge in [-0.15, -0.1) is 0 Å². The van der Waals surface area contributed by atoms with Crippen LogP contribution in [0.3, 0.4) is 0 Å². The van der Waals surface area contributed by atoms with Gasteiger partial charge in [0.05, 0.1) is 5.57 Å². The third kappa shape index (κ3) is 4.91. The van der Waals surface area contributed by atoms with Crippen LogP contribution in [0.2, 0.25) is 0 Å². The highest BCUT2D eigenvalue weighted by Crippen LogP contribution is 2.07. The first kappa shape index (κ1) is 14.9. The lowest BCUT2D eigenvalue weighted by molar-refractivity contribution is -0.132. The van der Waals surface area contributed by atoms with E-state index in [9.17, 15) is 14.0 Å². The van der Waals surface area contributed by atoms with Crippen molar-refractivity contribution in [2.45, 2.75) is 26.7 Å². The quantitative estimate of drug-likeness (QED) is 0.802. The molecule has 19 heavy (non-hydrogen) atoms. The van der Waals surface area contributed by atoms with Crippen LogP contribution in [-0.2, 0) is 16.0 Å². The molecule has 2 N–H and O–H groups in total. The molecule has 1 amide bonds. The largest absolute Gasteiger partial charge is 0.478 e. The van der Waals surface area contributed by atoms with Crippen molar-refractivity contribution in [1.29, 1.82) is 0 Å². The van der Waals surface area contributed by atoms with E-state index < -0.39 is 5.97 Å². The van der Waals surface area contributed by atoms with Gasteiger partial charge in [0.1, 0.15) is 5.82 Å². The number of carbonyl (C=O) groups excluding carboxylic acids is 1. The Morgan fingerprint density at radius 3 is 2.58 bits per heavy atom. The van der Waals surface area contributed by atoms with Gasteiger partial charge in [0.15, 0.2) is 0 Å². The van der Waals surface area contributed by atoms with Crippen molar-refractivity contribution in [2.24, 2.45) is 0 Å². The average Bonchev–Trinajstić information content (AvgIpc) is 2.35. The van der Waals surface area contributed by atoms with Crippen LogP contribution in [0.25, 0.3) is 0 Å². The molecule has 0 unspecified atom stereocenters. The smallest absolute Gasteiger partial charge is 0.333 e. The van der Waals surface area contributed by atoms with Crippen molar-refractivity contribution < 1.29 is 19.1 Å². The van der Waals surface area contributed by atoms with Gasteiger partial charge in [-0.3, -0.25) is 4.79 Å². The molecule has 0 saturated carbocycles. The first-order valence-electron chi connectivity index (χ1n) is 5.85. The number of benzene rings is 1. The van der Waals surface area contributed by atoms with Crippen LogP contribution in [0.15, 0.2) is 35.5 Å². The molecule has 5 heteroatoms. The molecule has 0 aliphatic carbocycles. The Morgan fingerprint density at radius 2 is 2.00 bits per heavy atom. The second kappa shape index (κ2) is 6.68. The zero-order chi connectivity index (χ0) is 14.4. The summed E-state index contributed by atoms with van der Waals surface area (Å²) < 4.78 is 12.9. The van der Waals surface area contributed by atoms with E-state index in [2.05, 4.69) is 5.32 Å². The summed E-state index contributed by atoms with van der Waals surface area (Å²) in [6.07, 6.45) is 0.580. The minimum Gasteiger partial charge on any atom is -0.478 e. The highest BCUT2D eigenvalue weighted by Gasteiger charge is 2.08. The van der Waals surface area contributed by atoms with Crippen LogP contribution in [0, 0.1) is 5.82 Å². The molecule has 0 aromatic heterocycles. The molecule has 0 bridgehead atoms. The van der Waals surface area contributed by atoms with E-state index in [0.717, 1.165) is 5.56 Å². The molecule has 0 spiro atoms. The second-order valence-corrected chi connectivity index (χ2v) is 4.23. The summed E-state index contributed by atoms with van der Waals surface area (Å²) in [5.74, 6) is -1.69. The summed E-state index contributed by atoms with van der Waals surface area (Å²) in [7, 11) is 0. The van der Waals surface area contributed by atoms with Crippen molar-refractivity contribution in [1.82, 2.24) is 5.32 Å². The Balaban J connectivity index is 2.53. The lowest BCUT2D eigenvalue weighted by Crippen LogP contribution is -2.23. The summed E-state index contributed by atoms with van der Waals surface area (Å²) >= 11 is 0. The second-order valence-electron chi connectivity index (χ2n) is 4.23. The molecular formula is C14H16FNO3. The number of allylic oxidation sites excluding steroid dienone is 1. The summed E-state index contributed by atoms with van der Waals surface area (Å²) in [5.41, 5.74) is 1.14. The number of amides is 1. The van der Waals surface area contributed by atoms with Crippen LogP contribution in [0.5, 0.6) is 0 Å². The molecule has 0 aliphatic heterocycles. The van der Waals surface area contributed by atoms with E-state index in [0.29, 0.717) is 12.1 Å². The Morgan fingerprint density at radius 1 is 1.32 bits per heavy atom. The van der Waals surface area contributed by atoms with Crippen LogP contribution < -0.4 is 5.32 Å². The molecule has 1 aromatic rings. The number of nitrogens with one attached hydrogen (secondary N) is 1. The van der Waals surface area contributed by atoms with E-state index in [1.807, 2.05) is 0 Å². The van der Waals surface area contributed by atoms with E-state index in [1.54, 1.807) is 12.1 Å². The van der Waals surface area contributed by atoms with E-state index >= 15 is 0 Å². The zero-order valence-electron chi connectivity index (χ0n) is 10.9. The Hall–Kier alpha value is -2.17. The number of hydrogen-bond donors (Lipinski definition) is 2. The summed E-state index contributed by atoms with van der Waals surface area (Å²) in [4.78, 5) is 22.3. The highest BCUT2D eigenvalue weighted by molar-refractivity contribution is 5.88. The average molecular weight is 265 g/mol. The van der Waals surface area contributed by atoms with E-state index in [4.69, 9.17) is 5.11 Å². The number of aliphatic carboxylic acids is 1. The van der Waals surface area contributed by atoms with Gasteiger partial charge in [0.2, 0.25) is 5.91 Å². The third-order valence-electron chi connectivity index (χ3n) is 2.74. The van der Waals surface area contributed by atoms with Crippen LogP contribution in [0.1, 0.15) is 25.8 Å². The van der Waals surface area contributed by atoms with Gasteiger partial charge in [-0.2, -0.15) is 0 Å². The third-order valence-corrected chi connectivity index (χ3v) is 2.74. The number of carboxylic acids is 1. The molecule has 0 atom stereocenters. The number of aryl methyl sites for hydroxylation is 1. The summed E-state index contributed by atoms with van der Waals surface area (Å²) in [6, 6.07) is 6.04. The van der Waals surface area contributed by atoms with Gasteiger partial charge in [-0.05, 0) is 38.0 Å². The molecule has 1 aromatic carbocycles. The zero-order valence-corrected chi connectivity index (χ0v) is 10.9. The lowest BCUT2D eigenvalue weighted by Gasteiger charge is -2.07. The maximum atomic E-state index is 12.9. The number of carbonyl (C=O) groups is 2. The standard InChI is InChI=1S/C14H16FNO3/c1-9(14(18)19)10(2)16-13(17)7-6-11-4-3-5-12(15)8-11/h3-5,8H,6-7H2,1-2H3,(H,16,17)(H,18,19). The Labute approximate surface area is 110 Å². The molecule has 0 aliphatic rings. The molecular weight excluding hydrogens is 249 g/mol. The number of hydrogen-bond acceptors (Lipinski definition) is 2. The van der Waals surface area contributed by atoms with Crippen LogP contribution in [-0.4, -0.2) is 17.0 Å². The molecule has 0 fully saturated rings. The van der Waals surface area contributed by atoms with Crippen LogP contribution in [0.4, 0.5) is 4.39 Å². The Kier molecular flexibility index (Phi) is 5.23. The topological polar surface area (TPSA) is 66.4 Å². The maximum absolute atomic E-state index is 12.9. The molecule has 0 saturated heterocycles. The number of halogens is 1. The van der Waals surface area contributed by atoms with Gasteiger partial charge in [-0.1, -0.05) is 12.1 Å². The fourth-order valence-electron chi connectivity index (χ4n) is 1.48. The lowest BCUT2D eigenvalue weighted by atomic mass is 10.1. The molecule has 0 heterocycles.